The number of rotatable bonds is 8. The Bertz CT molecular complexity index is 1240. The van der Waals surface area contributed by atoms with Gasteiger partial charge in [-0.25, -0.2) is 0 Å². The van der Waals surface area contributed by atoms with Crippen LogP contribution in [0.4, 0.5) is 44.3 Å². The summed E-state index contributed by atoms with van der Waals surface area (Å²) in [7, 11) is -29.1. The molecule has 0 fully saturated rings. The summed E-state index contributed by atoms with van der Waals surface area (Å²) in [5.41, 5.74) is -13.6. The van der Waals surface area contributed by atoms with Crippen LogP contribution in [-0.2, 0) is 51.6 Å². The smallest absolute Gasteiger partial charge is 0.423 e. The van der Waals surface area contributed by atoms with Gasteiger partial charge in [0.15, 0.2) is 11.5 Å². The third-order valence-corrected chi connectivity index (χ3v) is 10.3. The summed E-state index contributed by atoms with van der Waals surface area (Å²) in [6.07, 6.45) is 0. The summed E-state index contributed by atoms with van der Waals surface area (Å²) in [6.45, 7) is 0. The van der Waals surface area contributed by atoms with E-state index in [-0.39, 0.29) is 0 Å². The first-order valence-corrected chi connectivity index (χ1v) is 12.7. The Morgan fingerprint density at radius 2 is 0.848 bits per heavy atom. The average Bonchev–Trinajstić information content (AvgIpc) is 2.97. The molecule has 1 aromatic heterocycles. The van der Waals surface area contributed by atoms with E-state index in [9.17, 15) is 77.9 Å². The van der Waals surface area contributed by atoms with Gasteiger partial charge in [0.2, 0.25) is 11.8 Å². The van der Waals surface area contributed by atoms with Gasteiger partial charge in [0, 0.05) is 0 Å². The number of nitrogens with zero attached hydrogens (tertiary/aromatic N) is 4. The Morgan fingerprint density at radius 1 is 0.606 bits per heavy atom. The van der Waals surface area contributed by atoms with Crippen molar-refractivity contribution in [1.29, 1.82) is 0 Å². The number of quaternary nitrogens is 2. The molecule has 0 atom stereocenters. The van der Waals surface area contributed by atoms with Crippen molar-refractivity contribution in [2.75, 3.05) is 0 Å². The predicted octanol–water partition coefficient (Wildman–Crippen LogP) is 0.600. The molecular weight excluding hydrogens is 590 g/mol. The quantitative estimate of drug-likeness (QED) is 0.304. The highest BCUT2D eigenvalue weighted by Crippen LogP contribution is 2.39. The van der Waals surface area contributed by atoms with E-state index in [1.165, 1.54) is 0 Å². The van der Waals surface area contributed by atoms with E-state index in [2.05, 4.69) is 14.6 Å². The largest absolute Gasteiger partial charge is 0.558 e. The lowest BCUT2D eigenvalue weighted by molar-refractivity contribution is -0.971. The molecule has 0 amide bonds. The van der Waals surface area contributed by atoms with Gasteiger partial charge in [-0.3, -0.25) is 0 Å². The van der Waals surface area contributed by atoms with Gasteiger partial charge in [-0.05, 0) is 0 Å². The fraction of sp³-hybridized carbons (Fsp3) is 0.667. The maximum absolute atomic E-state index is 13.4. The predicted molar refractivity (Wildman–Crippen MR) is 74.4 cm³/mol. The molecule has 194 valence electrons. The number of hydrogen-bond acceptors (Lipinski definition) is 11. The number of hydrogen-bond donors (Lipinski definition) is 0. The monoisotopic (exact) mass is 594 g/mol. The van der Waals surface area contributed by atoms with Gasteiger partial charge in [-0.1, -0.05) is 0 Å². The molecule has 0 aliphatic rings. The Balaban J connectivity index is 3.31. The lowest BCUT2D eigenvalue weighted by Crippen LogP contribution is -2.49. The molecule has 0 unspecified atom stereocenters. The first kappa shape index (κ1) is 29.2. The van der Waals surface area contributed by atoms with Gasteiger partial charge in [-0.15, -0.1) is 10.2 Å². The van der Waals surface area contributed by atoms with Gasteiger partial charge in [0.25, 0.3) is 7.48 Å². The Labute approximate surface area is 174 Å². The Morgan fingerprint density at radius 3 is 1.06 bits per heavy atom. The van der Waals surface area contributed by atoms with Crippen LogP contribution in [0.5, 0.6) is 0 Å². The van der Waals surface area contributed by atoms with Crippen LogP contribution in [-0.4, -0.2) is 62.4 Å². The molecule has 1 heterocycles. The first-order valence-electron chi connectivity index (χ1n) is 6.62. The van der Waals surface area contributed by atoms with Crippen molar-refractivity contribution in [2.45, 2.75) is 22.5 Å². The van der Waals surface area contributed by atoms with Crippen LogP contribution >= 0.6 is 0 Å². The van der Waals surface area contributed by atoms with Gasteiger partial charge < -0.3 is 4.42 Å². The third-order valence-electron chi connectivity index (χ3n) is 2.91. The fourth-order valence-electron chi connectivity index (χ4n) is 1.41. The summed E-state index contributed by atoms with van der Waals surface area (Å²) in [4.78, 5) is 0. The highest BCUT2D eigenvalue weighted by atomic mass is 32.3. The van der Waals surface area contributed by atoms with Crippen molar-refractivity contribution in [3.05, 3.63) is 11.8 Å². The summed E-state index contributed by atoms with van der Waals surface area (Å²) < 4.78 is 208. The summed E-state index contributed by atoms with van der Waals surface area (Å²) >= 11 is 0. The van der Waals surface area contributed by atoms with Crippen LogP contribution in [0.3, 0.4) is 0 Å². The highest BCUT2D eigenvalue weighted by Gasteiger charge is 2.74. The summed E-state index contributed by atoms with van der Waals surface area (Å²) in [5.74, 6) is -8.86. The van der Waals surface area contributed by atoms with E-state index >= 15 is 0 Å². The van der Waals surface area contributed by atoms with Crippen molar-refractivity contribution in [2.24, 2.45) is 0 Å². The molecule has 0 spiro atoms. The topological polar surface area (TPSA) is 175 Å². The van der Waals surface area contributed by atoms with E-state index in [4.69, 9.17) is 0 Å². The standard InChI is InChI=1S/C6H4F10N4O9S4/c7-5(8,9)32(25,26)19(13,14)30(21,22)1-3-17-18-4(29-3)2-31(23,24)20(15,16)33(27,28)6(10,11)12/h1-2H2/q+2. The van der Waals surface area contributed by atoms with Gasteiger partial charge in [-0.2, -0.15) is 60.0 Å². The van der Waals surface area contributed by atoms with E-state index in [0.29, 0.717) is 0 Å². The number of halogens is 10. The maximum Gasteiger partial charge on any atom is 0.558 e. The van der Waals surface area contributed by atoms with Crippen molar-refractivity contribution >= 4 is 40.1 Å². The summed E-state index contributed by atoms with van der Waals surface area (Å²) in [5, 5.41) is 4.87. The molecule has 27 heteroatoms. The molecular formula is C6H4F10N4O9S4+2. The molecule has 1 rings (SSSR count). The molecule has 0 N–H and O–H groups in total. The first-order chi connectivity index (χ1) is 14.2. The zero-order valence-corrected chi connectivity index (χ0v) is 17.6. The molecule has 0 radical (unpaired) electrons. The van der Waals surface area contributed by atoms with Gasteiger partial charge in [0.05, 0.1) is 17.9 Å². The lowest BCUT2D eigenvalue weighted by atomic mass is 10.8. The molecule has 0 aliphatic carbocycles. The van der Waals surface area contributed by atoms with Crippen LogP contribution in [0.2, 0.25) is 0 Å². The second-order valence-corrected chi connectivity index (χ2v) is 13.2. The molecule has 0 aliphatic heterocycles. The van der Waals surface area contributed by atoms with E-state index in [0.717, 1.165) is 0 Å². The van der Waals surface area contributed by atoms with E-state index < -0.39 is 81.9 Å². The van der Waals surface area contributed by atoms with E-state index in [1.807, 2.05) is 0 Å². The Hall–Kier alpha value is -1.84. The average molecular weight is 594 g/mol. The third kappa shape index (κ3) is 4.72. The molecule has 0 bridgehead atoms. The molecule has 13 nitrogen and oxygen atoms in total. The van der Waals surface area contributed by atoms with Crippen molar-refractivity contribution in [1.82, 2.24) is 10.2 Å². The SMILES string of the molecule is O=S(=O)(Cc1nnc(CS(=O)(=O)[N+](F)(F)S(=O)(=O)C(F)(F)F)o1)[N+](F)(F)S(=O)(=O)C(F)(F)F. The minimum atomic E-state index is -7.77. The maximum atomic E-state index is 13.4. The Kier molecular flexibility index (Phi) is 6.94. The van der Waals surface area contributed by atoms with E-state index in [1.54, 1.807) is 0 Å². The second-order valence-electron chi connectivity index (χ2n) is 5.21. The molecule has 0 aromatic carbocycles. The van der Waals surface area contributed by atoms with Crippen molar-refractivity contribution in [3.8, 4) is 0 Å². The van der Waals surface area contributed by atoms with Gasteiger partial charge in [0.1, 0.15) is 0 Å². The normalized spacial score (nSPS) is 15.6. The zero-order valence-electron chi connectivity index (χ0n) is 14.3. The minimum absolute atomic E-state index is 1.84. The van der Waals surface area contributed by atoms with Crippen LogP contribution in [0.1, 0.15) is 11.8 Å². The summed E-state index contributed by atoms with van der Waals surface area (Å²) in [6, 6.07) is 0. The fourth-order valence-corrected chi connectivity index (χ4v) is 6.26. The van der Waals surface area contributed by atoms with Crippen LogP contribution in [0.15, 0.2) is 4.42 Å². The highest BCUT2D eigenvalue weighted by molar-refractivity contribution is 7.98. The zero-order chi connectivity index (χ0) is 26.7. The van der Waals surface area contributed by atoms with Crippen LogP contribution in [0, 0.1) is 0 Å². The van der Waals surface area contributed by atoms with Crippen LogP contribution in [0.25, 0.3) is 0 Å². The molecule has 0 saturated heterocycles. The minimum Gasteiger partial charge on any atom is -0.423 e. The molecule has 1 aromatic rings. The number of alkyl halides is 6. The van der Waals surface area contributed by atoms with Crippen molar-refractivity contribution < 1.29 is 89.8 Å². The number of aromatic nitrogens is 2. The van der Waals surface area contributed by atoms with Gasteiger partial charge >= 0.3 is 51.1 Å². The second kappa shape index (κ2) is 7.85. The molecule has 33 heavy (non-hydrogen) atoms. The van der Waals surface area contributed by atoms with Crippen LogP contribution < -0.4 is 0 Å². The molecule has 0 saturated carbocycles. The van der Waals surface area contributed by atoms with Crippen molar-refractivity contribution in [3.63, 3.8) is 0 Å². The lowest BCUT2D eigenvalue weighted by Gasteiger charge is -2.13. The number of sulfonamides is 4.